The molecule has 158 valence electrons. The highest BCUT2D eigenvalue weighted by atomic mass is 16.5. The van der Waals surface area contributed by atoms with Gasteiger partial charge in [0, 0.05) is 31.6 Å². The van der Waals surface area contributed by atoms with Crippen molar-refractivity contribution in [1.29, 1.82) is 0 Å². The summed E-state index contributed by atoms with van der Waals surface area (Å²) >= 11 is 0. The van der Waals surface area contributed by atoms with Gasteiger partial charge in [0.2, 0.25) is 0 Å². The molecule has 1 heterocycles. The van der Waals surface area contributed by atoms with Crippen LogP contribution in [0.15, 0.2) is 36.5 Å². The van der Waals surface area contributed by atoms with Crippen molar-refractivity contribution in [2.75, 3.05) is 13.2 Å². The van der Waals surface area contributed by atoms with E-state index >= 15 is 0 Å². The standard InChI is InChI=1S/C23H33N3O3/c1-3-15-29-16-14-26-18-22(24-25-26)10-7-11-23(28)17-21(19(2)27)13-12-20-8-5-4-6-9-20/h4-6,8-9,18,21H,3,7,10-17H2,1-2H3. The summed E-state index contributed by atoms with van der Waals surface area (Å²) in [6.45, 7) is 5.75. The van der Waals surface area contributed by atoms with Crippen LogP contribution in [-0.4, -0.2) is 39.8 Å². The van der Waals surface area contributed by atoms with E-state index in [0.717, 1.165) is 44.4 Å². The molecule has 1 aromatic heterocycles. The molecule has 2 rings (SSSR count). The molecule has 0 aliphatic rings. The Hall–Kier alpha value is -2.34. The minimum Gasteiger partial charge on any atom is -0.380 e. The van der Waals surface area contributed by atoms with E-state index in [1.807, 2.05) is 24.4 Å². The molecule has 0 spiro atoms. The van der Waals surface area contributed by atoms with Crippen molar-refractivity contribution in [1.82, 2.24) is 15.0 Å². The van der Waals surface area contributed by atoms with E-state index in [9.17, 15) is 9.59 Å². The smallest absolute Gasteiger partial charge is 0.133 e. The third-order valence-electron chi connectivity index (χ3n) is 4.96. The second-order valence-corrected chi connectivity index (χ2v) is 7.51. The number of Topliss-reactive ketones (excluding diaryl/α,β-unsaturated/α-hetero) is 2. The summed E-state index contributed by atoms with van der Waals surface area (Å²) in [5.41, 5.74) is 2.09. The van der Waals surface area contributed by atoms with Crippen molar-refractivity contribution in [2.24, 2.45) is 5.92 Å². The Morgan fingerprint density at radius 1 is 1.14 bits per heavy atom. The Bertz CT molecular complexity index is 743. The first-order valence-electron chi connectivity index (χ1n) is 10.6. The first-order valence-corrected chi connectivity index (χ1v) is 10.6. The zero-order valence-electron chi connectivity index (χ0n) is 17.7. The van der Waals surface area contributed by atoms with E-state index < -0.39 is 0 Å². The molecule has 1 aromatic carbocycles. The number of carbonyl (C=O) groups excluding carboxylic acids is 2. The molecule has 1 atom stereocenters. The molecular formula is C23H33N3O3. The zero-order valence-corrected chi connectivity index (χ0v) is 17.7. The third-order valence-corrected chi connectivity index (χ3v) is 4.96. The maximum absolute atomic E-state index is 12.4. The molecule has 0 fully saturated rings. The van der Waals surface area contributed by atoms with Gasteiger partial charge in [0.05, 0.1) is 18.8 Å². The predicted molar refractivity (Wildman–Crippen MR) is 113 cm³/mol. The Morgan fingerprint density at radius 3 is 2.66 bits per heavy atom. The molecular weight excluding hydrogens is 366 g/mol. The van der Waals surface area contributed by atoms with E-state index in [-0.39, 0.29) is 17.5 Å². The van der Waals surface area contributed by atoms with Crippen molar-refractivity contribution in [2.45, 2.75) is 65.3 Å². The first kappa shape index (κ1) is 22.9. The van der Waals surface area contributed by atoms with Gasteiger partial charge in [-0.05, 0) is 44.6 Å². The molecule has 29 heavy (non-hydrogen) atoms. The van der Waals surface area contributed by atoms with E-state index in [2.05, 4.69) is 29.4 Å². The maximum Gasteiger partial charge on any atom is 0.133 e. The highest BCUT2D eigenvalue weighted by molar-refractivity contribution is 5.86. The van der Waals surface area contributed by atoms with Crippen LogP contribution >= 0.6 is 0 Å². The average Bonchev–Trinajstić information content (AvgIpc) is 3.16. The van der Waals surface area contributed by atoms with Crippen LogP contribution in [0.1, 0.15) is 57.2 Å². The van der Waals surface area contributed by atoms with Gasteiger partial charge in [-0.2, -0.15) is 0 Å². The summed E-state index contributed by atoms with van der Waals surface area (Å²) in [7, 11) is 0. The molecule has 0 aliphatic heterocycles. The van der Waals surface area contributed by atoms with Crippen LogP contribution in [0, 0.1) is 5.92 Å². The van der Waals surface area contributed by atoms with Crippen LogP contribution in [0.4, 0.5) is 0 Å². The van der Waals surface area contributed by atoms with Crippen LogP contribution in [0.25, 0.3) is 0 Å². The summed E-state index contributed by atoms with van der Waals surface area (Å²) in [5, 5.41) is 8.25. The first-order chi connectivity index (χ1) is 14.1. The normalized spacial score (nSPS) is 12.1. The number of hydrogen-bond donors (Lipinski definition) is 0. The van der Waals surface area contributed by atoms with Crippen LogP contribution in [0.5, 0.6) is 0 Å². The van der Waals surface area contributed by atoms with Crippen molar-refractivity contribution < 1.29 is 14.3 Å². The number of benzene rings is 1. The van der Waals surface area contributed by atoms with E-state index in [1.54, 1.807) is 11.6 Å². The Morgan fingerprint density at radius 2 is 1.93 bits per heavy atom. The molecule has 0 bridgehead atoms. The number of hydrogen-bond acceptors (Lipinski definition) is 5. The predicted octanol–water partition coefficient (Wildman–Crippen LogP) is 3.82. The molecule has 6 nitrogen and oxygen atoms in total. The summed E-state index contributed by atoms with van der Waals surface area (Å²) < 4.78 is 7.23. The van der Waals surface area contributed by atoms with E-state index in [0.29, 0.717) is 26.0 Å². The summed E-state index contributed by atoms with van der Waals surface area (Å²) in [6.07, 6.45) is 6.73. The largest absolute Gasteiger partial charge is 0.380 e. The fourth-order valence-electron chi connectivity index (χ4n) is 3.25. The summed E-state index contributed by atoms with van der Waals surface area (Å²) in [4.78, 5) is 24.3. The monoisotopic (exact) mass is 399 g/mol. The van der Waals surface area contributed by atoms with Gasteiger partial charge in [-0.15, -0.1) is 5.10 Å². The van der Waals surface area contributed by atoms with Gasteiger partial charge < -0.3 is 4.74 Å². The second-order valence-electron chi connectivity index (χ2n) is 7.51. The number of nitrogens with zero attached hydrogens (tertiary/aromatic N) is 3. The van der Waals surface area contributed by atoms with Crippen molar-refractivity contribution in [3.8, 4) is 0 Å². The molecule has 0 aliphatic carbocycles. The zero-order chi connectivity index (χ0) is 20.9. The quantitative estimate of drug-likeness (QED) is 0.426. The number of carbonyl (C=O) groups is 2. The highest BCUT2D eigenvalue weighted by Gasteiger charge is 2.18. The number of aryl methyl sites for hydroxylation is 2. The average molecular weight is 400 g/mol. The molecule has 0 amide bonds. The fourth-order valence-corrected chi connectivity index (χ4v) is 3.25. The van der Waals surface area contributed by atoms with Crippen LogP contribution in [0.3, 0.4) is 0 Å². The van der Waals surface area contributed by atoms with Gasteiger partial charge in [-0.25, -0.2) is 4.68 Å². The van der Waals surface area contributed by atoms with Crippen LogP contribution in [-0.2, 0) is 33.7 Å². The topological polar surface area (TPSA) is 74.1 Å². The third kappa shape index (κ3) is 9.13. The van der Waals surface area contributed by atoms with Crippen LogP contribution < -0.4 is 0 Å². The molecule has 0 N–H and O–H groups in total. The molecule has 0 saturated heterocycles. The lowest BCUT2D eigenvalue weighted by molar-refractivity contribution is -0.127. The summed E-state index contributed by atoms with van der Waals surface area (Å²) in [6, 6.07) is 10.1. The maximum atomic E-state index is 12.4. The van der Waals surface area contributed by atoms with E-state index in [4.69, 9.17) is 4.74 Å². The van der Waals surface area contributed by atoms with Gasteiger partial charge in [-0.1, -0.05) is 42.5 Å². The van der Waals surface area contributed by atoms with Gasteiger partial charge in [0.15, 0.2) is 0 Å². The molecule has 6 heteroatoms. The van der Waals surface area contributed by atoms with Crippen molar-refractivity contribution >= 4 is 11.6 Å². The van der Waals surface area contributed by atoms with E-state index in [1.165, 1.54) is 5.56 Å². The highest BCUT2D eigenvalue weighted by Crippen LogP contribution is 2.17. The van der Waals surface area contributed by atoms with Gasteiger partial charge >= 0.3 is 0 Å². The van der Waals surface area contributed by atoms with Gasteiger partial charge in [0.1, 0.15) is 11.6 Å². The molecule has 0 saturated carbocycles. The minimum absolute atomic E-state index is 0.0996. The van der Waals surface area contributed by atoms with Gasteiger partial charge in [0.25, 0.3) is 0 Å². The van der Waals surface area contributed by atoms with Crippen LogP contribution in [0.2, 0.25) is 0 Å². The SMILES string of the molecule is CCCOCCn1cc(CCCC(=O)CC(CCc2ccccc2)C(C)=O)nn1. The second kappa shape index (κ2) is 13.0. The lowest BCUT2D eigenvalue weighted by Crippen LogP contribution is -2.17. The number of ketones is 2. The number of ether oxygens (including phenoxy) is 1. The fraction of sp³-hybridized carbons (Fsp3) is 0.565. The van der Waals surface area contributed by atoms with Gasteiger partial charge in [-0.3, -0.25) is 9.59 Å². The molecule has 2 aromatic rings. The number of rotatable bonds is 15. The molecule has 1 unspecified atom stereocenters. The Kier molecular flexibility index (Phi) is 10.3. The number of aromatic nitrogens is 3. The Labute approximate surface area is 173 Å². The van der Waals surface area contributed by atoms with Crippen molar-refractivity contribution in [3.05, 3.63) is 47.8 Å². The Balaban J connectivity index is 1.68. The van der Waals surface area contributed by atoms with Crippen molar-refractivity contribution in [3.63, 3.8) is 0 Å². The molecule has 0 radical (unpaired) electrons. The minimum atomic E-state index is -0.188. The lowest BCUT2D eigenvalue weighted by atomic mass is 9.90. The summed E-state index contributed by atoms with van der Waals surface area (Å²) in [5.74, 6) is 0.0628. The lowest BCUT2D eigenvalue weighted by Gasteiger charge is -2.13.